The average molecular weight is 281 g/mol. The first-order valence-corrected chi connectivity index (χ1v) is 5.64. The normalized spacial score (nSPS) is 19.9. The Labute approximate surface area is 88.8 Å². The predicted octanol–water partition coefficient (Wildman–Crippen LogP) is 0.882. The summed E-state index contributed by atoms with van der Waals surface area (Å²) in [4.78, 5) is 0. The Morgan fingerprint density at radius 2 is 1.93 bits per heavy atom. The number of halogens is 1. The van der Waals surface area contributed by atoms with Gasteiger partial charge in [-0.1, -0.05) is 21.5 Å². The molecule has 0 amide bonds. The second kappa shape index (κ2) is 3.48. The summed E-state index contributed by atoms with van der Waals surface area (Å²) in [6.45, 7) is 0. The van der Waals surface area contributed by atoms with E-state index in [0.717, 1.165) is 9.64 Å². The molecule has 1 aromatic carbocycles. The Hall–Kier alpha value is -0.670. The van der Waals surface area contributed by atoms with E-state index in [-0.39, 0.29) is 0 Å². The molecule has 0 aromatic heterocycles. The second-order valence-electron chi connectivity index (χ2n) is 2.43. The lowest BCUT2D eigenvalue weighted by molar-refractivity contribution is 0.198. The molecule has 0 saturated carbocycles. The molecule has 2 rings (SSSR count). The molecule has 76 valence electrons. The fourth-order valence-electron chi connectivity index (χ4n) is 0.873. The van der Waals surface area contributed by atoms with E-state index in [1.807, 2.05) is 0 Å². The first kappa shape index (κ1) is 9.87. The molecular weight excluding hydrogens is 276 g/mol. The Bertz CT molecular complexity index is 432. The number of nitrogens with zero attached hydrogens (tertiary/aromatic N) is 1. The lowest BCUT2D eigenvalue weighted by atomic mass is 10.3. The monoisotopic (exact) mass is 280 g/mol. The third kappa shape index (κ3) is 2.04. The standard InChI is InChI=1S/C6H5BrN2O4S/c7-5-1-3-6(4-2-5)9-8-12-14(10,11)13-9/h1-4,8H. The van der Waals surface area contributed by atoms with Crippen LogP contribution in [0, 0.1) is 0 Å². The van der Waals surface area contributed by atoms with Gasteiger partial charge in [0, 0.05) is 4.47 Å². The van der Waals surface area contributed by atoms with Crippen LogP contribution < -0.4 is 10.8 Å². The number of hydrazine groups is 1. The van der Waals surface area contributed by atoms with Crippen LogP contribution in [0.1, 0.15) is 0 Å². The second-order valence-corrected chi connectivity index (χ2v) is 4.48. The van der Waals surface area contributed by atoms with Crippen LogP contribution in [0.2, 0.25) is 0 Å². The summed E-state index contributed by atoms with van der Waals surface area (Å²) in [5.41, 5.74) is 2.60. The van der Waals surface area contributed by atoms with E-state index in [0.29, 0.717) is 5.69 Å². The topological polar surface area (TPSA) is 67.9 Å². The molecule has 1 fully saturated rings. The lowest BCUT2D eigenvalue weighted by Gasteiger charge is -2.10. The molecule has 0 bridgehead atoms. The molecule has 0 atom stereocenters. The number of benzene rings is 1. The van der Waals surface area contributed by atoms with E-state index in [2.05, 4.69) is 30.1 Å². The third-order valence-corrected chi connectivity index (χ3v) is 2.59. The van der Waals surface area contributed by atoms with Gasteiger partial charge in [-0.3, -0.25) is 0 Å². The van der Waals surface area contributed by atoms with Crippen molar-refractivity contribution in [2.75, 3.05) is 5.17 Å². The Balaban J connectivity index is 2.22. The molecule has 1 aliphatic rings. The van der Waals surface area contributed by atoms with Gasteiger partial charge in [0.05, 0.1) is 5.69 Å². The minimum Gasteiger partial charge on any atom is -0.165 e. The maximum Gasteiger partial charge on any atom is 0.440 e. The zero-order valence-corrected chi connectivity index (χ0v) is 9.08. The lowest BCUT2D eigenvalue weighted by Crippen LogP contribution is -2.28. The van der Waals surface area contributed by atoms with Crippen molar-refractivity contribution in [3.05, 3.63) is 28.7 Å². The fraction of sp³-hybridized carbons (Fsp3) is 0. The number of hydrogen-bond donors (Lipinski definition) is 1. The van der Waals surface area contributed by atoms with Gasteiger partial charge < -0.3 is 0 Å². The highest BCUT2D eigenvalue weighted by Crippen LogP contribution is 2.20. The minimum atomic E-state index is -3.95. The maximum absolute atomic E-state index is 10.7. The van der Waals surface area contributed by atoms with E-state index in [1.165, 1.54) is 0 Å². The van der Waals surface area contributed by atoms with Crippen LogP contribution in [-0.2, 0) is 19.0 Å². The van der Waals surface area contributed by atoms with E-state index in [1.54, 1.807) is 24.3 Å². The highest BCUT2D eigenvalue weighted by atomic mass is 79.9. The molecule has 6 nitrogen and oxygen atoms in total. The van der Waals surface area contributed by atoms with Crippen molar-refractivity contribution in [1.82, 2.24) is 5.59 Å². The van der Waals surface area contributed by atoms with Crippen LogP contribution in [0.15, 0.2) is 28.7 Å². The molecular formula is C6H5BrN2O4S. The van der Waals surface area contributed by atoms with Crippen molar-refractivity contribution in [2.24, 2.45) is 0 Å². The van der Waals surface area contributed by atoms with Gasteiger partial charge in [-0.25, -0.2) is 0 Å². The molecule has 0 radical (unpaired) electrons. The first-order chi connectivity index (χ1) is 6.57. The number of anilines is 1. The highest BCUT2D eigenvalue weighted by molar-refractivity contribution is 9.10. The molecule has 8 heteroatoms. The molecule has 14 heavy (non-hydrogen) atoms. The van der Waals surface area contributed by atoms with Crippen molar-refractivity contribution in [1.29, 1.82) is 0 Å². The Kier molecular flexibility index (Phi) is 2.45. The first-order valence-electron chi connectivity index (χ1n) is 3.51. The van der Waals surface area contributed by atoms with E-state index in [9.17, 15) is 8.42 Å². The SMILES string of the molecule is O=S1(=O)ONN(c2ccc(Br)cc2)O1. The van der Waals surface area contributed by atoms with E-state index >= 15 is 0 Å². The van der Waals surface area contributed by atoms with Crippen LogP contribution in [0.3, 0.4) is 0 Å². The van der Waals surface area contributed by atoms with Crippen molar-refractivity contribution in [2.45, 2.75) is 0 Å². The van der Waals surface area contributed by atoms with Crippen molar-refractivity contribution in [3.8, 4) is 0 Å². The summed E-state index contributed by atoms with van der Waals surface area (Å²) >= 11 is 3.25. The van der Waals surface area contributed by atoms with E-state index < -0.39 is 10.4 Å². The van der Waals surface area contributed by atoms with Gasteiger partial charge in [-0.05, 0) is 24.3 Å². The molecule has 1 aliphatic heterocycles. The number of hydrogen-bond acceptors (Lipinski definition) is 6. The van der Waals surface area contributed by atoms with Crippen molar-refractivity contribution < 1.29 is 17.0 Å². The van der Waals surface area contributed by atoms with Crippen molar-refractivity contribution >= 4 is 32.0 Å². The van der Waals surface area contributed by atoms with Gasteiger partial charge >= 0.3 is 10.4 Å². The van der Waals surface area contributed by atoms with Crippen molar-refractivity contribution in [3.63, 3.8) is 0 Å². The predicted molar refractivity (Wildman–Crippen MR) is 50.8 cm³/mol. The summed E-state index contributed by atoms with van der Waals surface area (Å²) in [6, 6.07) is 6.79. The molecule has 1 aromatic rings. The molecule has 1 saturated heterocycles. The summed E-state index contributed by atoms with van der Waals surface area (Å²) < 4.78 is 30.9. The number of nitrogens with one attached hydrogen (secondary N) is 1. The van der Waals surface area contributed by atoms with Crippen LogP contribution in [0.5, 0.6) is 0 Å². The summed E-state index contributed by atoms with van der Waals surface area (Å²) in [7, 11) is -3.95. The Morgan fingerprint density at radius 3 is 2.43 bits per heavy atom. The summed E-state index contributed by atoms with van der Waals surface area (Å²) in [5.74, 6) is 0. The largest absolute Gasteiger partial charge is 0.440 e. The minimum absolute atomic E-state index is 0.509. The van der Waals surface area contributed by atoms with Gasteiger partial charge in [0.2, 0.25) is 0 Å². The maximum atomic E-state index is 10.7. The summed E-state index contributed by atoms with van der Waals surface area (Å²) in [6.07, 6.45) is 0. The van der Waals surface area contributed by atoms with Gasteiger partial charge in [-0.15, -0.1) is 13.7 Å². The quantitative estimate of drug-likeness (QED) is 0.824. The fourth-order valence-corrected chi connectivity index (χ4v) is 1.63. The van der Waals surface area contributed by atoms with E-state index in [4.69, 9.17) is 0 Å². The van der Waals surface area contributed by atoms with Crippen LogP contribution in [-0.4, -0.2) is 8.42 Å². The Morgan fingerprint density at radius 1 is 1.29 bits per heavy atom. The van der Waals surface area contributed by atoms with Gasteiger partial charge in [0.25, 0.3) is 0 Å². The summed E-state index contributed by atoms with van der Waals surface area (Å²) in [5, 5.41) is 0.905. The van der Waals surface area contributed by atoms with Crippen LogP contribution in [0.4, 0.5) is 5.69 Å². The zero-order chi connectivity index (χ0) is 10.2. The molecule has 0 aliphatic carbocycles. The van der Waals surface area contributed by atoms with Crippen LogP contribution >= 0.6 is 15.9 Å². The van der Waals surface area contributed by atoms with Gasteiger partial charge in [0.1, 0.15) is 0 Å². The molecule has 1 heterocycles. The zero-order valence-electron chi connectivity index (χ0n) is 6.68. The smallest absolute Gasteiger partial charge is 0.165 e. The average Bonchev–Trinajstić information content (AvgIpc) is 2.47. The highest BCUT2D eigenvalue weighted by Gasteiger charge is 2.28. The number of rotatable bonds is 1. The van der Waals surface area contributed by atoms with Gasteiger partial charge in [0.15, 0.2) is 0 Å². The van der Waals surface area contributed by atoms with Crippen LogP contribution in [0.25, 0.3) is 0 Å². The third-order valence-electron chi connectivity index (χ3n) is 1.45. The van der Waals surface area contributed by atoms with Gasteiger partial charge in [-0.2, -0.15) is 8.42 Å². The molecule has 1 N–H and O–H groups in total. The molecule has 0 spiro atoms. The molecule has 0 unspecified atom stereocenters.